The van der Waals surface area contributed by atoms with Gasteiger partial charge in [0.05, 0.1) is 12.8 Å². The van der Waals surface area contributed by atoms with E-state index in [0.29, 0.717) is 29.7 Å². The van der Waals surface area contributed by atoms with Crippen molar-refractivity contribution in [3.63, 3.8) is 0 Å². The highest BCUT2D eigenvalue weighted by atomic mass is 35.5. The third-order valence-electron chi connectivity index (χ3n) is 6.42. The molecule has 1 aliphatic heterocycles. The van der Waals surface area contributed by atoms with Gasteiger partial charge in [-0.25, -0.2) is 10.2 Å². The number of fused-ring (bicyclic) bond motifs is 1. The Balaban J connectivity index is 1.57. The maximum Gasteiger partial charge on any atom is 0.405 e. The third-order valence-corrected chi connectivity index (χ3v) is 6.85. The van der Waals surface area contributed by atoms with Crippen molar-refractivity contribution >= 4 is 41.2 Å². The Bertz CT molecular complexity index is 1250. The fourth-order valence-electron chi connectivity index (χ4n) is 4.69. The predicted octanol–water partition coefficient (Wildman–Crippen LogP) is 6.37. The second-order valence-corrected chi connectivity index (χ2v) is 9.73. The summed E-state index contributed by atoms with van der Waals surface area (Å²) in [4.78, 5) is 15.8. The Labute approximate surface area is 217 Å². The maximum atomic E-state index is 14.4. The molecule has 1 aliphatic carbocycles. The highest BCUT2D eigenvalue weighted by molar-refractivity contribution is 6.34. The Kier molecular flexibility index (Phi) is 7.49. The number of alkyl halides is 6. The summed E-state index contributed by atoms with van der Waals surface area (Å²) in [5, 5.41) is 5.54. The number of rotatable bonds is 5. The average Bonchev–Trinajstić information content (AvgIpc) is 3.45. The highest BCUT2D eigenvalue weighted by Crippen LogP contribution is 2.49. The van der Waals surface area contributed by atoms with Crippen molar-refractivity contribution in [3.8, 4) is 0 Å². The summed E-state index contributed by atoms with van der Waals surface area (Å²) in [7, 11) is 0. The van der Waals surface area contributed by atoms with E-state index in [-0.39, 0.29) is 22.0 Å². The van der Waals surface area contributed by atoms with Crippen LogP contribution in [0.15, 0.2) is 40.4 Å². The van der Waals surface area contributed by atoms with Crippen LogP contribution in [-0.2, 0) is 18.3 Å². The molecule has 1 atom stereocenters. The van der Waals surface area contributed by atoms with Gasteiger partial charge in [-0.2, -0.15) is 31.4 Å². The summed E-state index contributed by atoms with van der Waals surface area (Å²) in [6, 6.07) is 6.08. The van der Waals surface area contributed by atoms with Gasteiger partial charge in [-0.1, -0.05) is 35.3 Å². The van der Waals surface area contributed by atoms with Crippen LogP contribution in [0.1, 0.15) is 40.7 Å². The largest absolute Gasteiger partial charge is 0.405 e. The Morgan fingerprint density at radius 1 is 1.05 bits per heavy atom. The van der Waals surface area contributed by atoms with Crippen molar-refractivity contribution in [2.75, 3.05) is 13.1 Å². The second kappa shape index (κ2) is 10.2. The fourth-order valence-corrected chi connectivity index (χ4v) is 5.22. The normalized spacial score (nSPS) is 19.7. The summed E-state index contributed by atoms with van der Waals surface area (Å²) in [6.07, 6.45) is -6.24. The zero-order chi connectivity index (χ0) is 27.0. The zero-order valence-corrected chi connectivity index (χ0v) is 20.5. The van der Waals surface area contributed by atoms with E-state index < -0.39 is 36.9 Å². The van der Waals surface area contributed by atoms with Crippen LogP contribution < -0.4 is 10.7 Å². The number of carbonyl (C=O) groups is 1. The van der Waals surface area contributed by atoms with E-state index in [4.69, 9.17) is 23.2 Å². The molecular weight excluding hydrogens is 545 g/mol. The van der Waals surface area contributed by atoms with Gasteiger partial charge >= 0.3 is 18.4 Å². The fraction of sp³-hybridized carbons (Fsp3) is 0.375. The first kappa shape index (κ1) is 27.3. The number of urea groups is 1. The van der Waals surface area contributed by atoms with Gasteiger partial charge in [-0.3, -0.25) is 4.99 Å². The van der Waals surface area contributed by atoms with Gasteiger partial charge in [-0.05, 0) is 65.3 Å². The van der Waals surface area contributed by atoms with Crippen LogP contribution in [0.25, 0.3) is 0 Å². The molecule has 0 bridgehead atoms. The molecule has 4 rings (SSSR count). The zero-order valence-electron chi connectivity index (χ0n) is 19.0. The first-order chi connectivity index (χ1) is 17.3. The van der Waals surface area contributed by atoms with Gasteiger partial charge in [0.2, 0.25) is 0 Å². The molecule has 1 unspecified atom stereocenters. The van der Waals surface area contributed by atoms with E-state index in [1.54, 1.807) is 17.4 Å². The second-order valence-electron chi connectivity index (χ2n) is 8.86. The van der Waals surface area contributed by atoms with Crippen molar-refractivity contribution in [1.29, 1.82) is 0 Å². The number of nitrogens with one attached hydrogen (secondary N) is 2. The highest BCUT2D eigenvalue weighted by Gasteiger charge is 2.58. The van der Waals surface area contributed by atoms with E-state index >= 15 is 0 Å². The number of nitrogens with zero attached hydrogens (tertiary/aromatic N) is 2. The van der Waals surface area contributed by atoms with E-state index in [2.05, 4.69) is 10.1 Å². The molecule has 0 radical (unpaired) electrons. The third kappa shape index (κ3) is 5.87. The minimum Gasteiger partial charge on any atom is -0.328 e. The van der Waals surface area contributed by atoms with Gasteiger partial charge in [0, 0.05) is 22.2 Å². The van der Waals surface area contributed by atoms with Crippen LogP contribution >= 0.6 is 23.2 Å². The van der Waals surface area contributed by atoms with Crippen LogP contribution in [0.4, 0.5) is 31.1 Å². The smallest absolute Gasteiger partial charge is 0.328 e. The standard InChI is InChI=1S/C24H20Cl2F6N4O/c25-15-6-14(7-16(26)8-15)22(24(30,31)32)9-20(33-11-22)19-5-4-13(17-2-1-3-18(17)19)10-35-36-21(37)34-12-23(27,28)29/h4-8,10H,1-3,9,11-12H2,(H2,34,36,37). The van der Waals surface area contributed by atoms with Crippen molar-refractivity contribution in [2.45, 2.75) is 43.5 Å². The molecule has 0 spiro atoms. The molecule has 2 N–H and O–H groups in total. The molecule has 0 aromatic heterocycles. The Hall–Kier alpha value is -2.79. The summed E-state index contributed by atoms with van der Waals surface area (Å²) in [5.41, 5.74) is 2.87. The monoisotopic (exact) mass is 564 g/mol. The molecule has 2 aromatic rings. The van der Waals surface area contributed by atoms with Crippen molar-refractivity contribution in [3.05, 3.63) is 68.2 Å². The number of aliphatic imine (C=N–C) groups is 1. The van der Waals surface area contributed by atoms with Crippen LogP contribution in [-0.4, -0.2) is 43.4 Å². The summed E-state index contributed by atoms with van der Waals surface area (Å²) >= 11 is 12.0. The molecule has 0 saturated heterocycles. The number of benzene rings is 2. The summed E-state index contributed by atoms with van der Waals surface area (Å²) in [5.74, 6) is 0. The topological polar surface area (TPSA) is 65.8 Å². The number of amides is 2. The summed E-state index contributed by atoms with van der Waals surface area (Å²) < 4.78 is 79.9. The van der Waals surface area contributed by atoms with Crippen molar-refractivity contribution < 1.29 is 31.1 Å². The maximum absolute atomic E-state index is 14.4. The molecule has 0 fully saturated rings. The average molecular weight is 565 g/mol. The van der Waals surface area contributed by atoms with Crippen LogP contribution in [0.3, 0.4) is 0 Å². The first-order valence-electron chi connectivity index (χ1n) is 11.1. The predicted molar refractivity (Wildman–Crippen MR) is 129 cm³/mol. The molecule has 0 saturated carbocycles. The van der Waals surface area contributed by atoms with Gasteiger partial charge in [0.25, 0.3) is 0 Å². The minimum absolute atomic E-state index is 0.0495. The van der Waals surface area contributed by atoms with Gasteiger partial charge in [0.15, 0.2) is 0 Å². The molecule has 37 heavy (non-hydrogen) atoms. The van der Waals surface area contributed by atoms with Crippen molar-refractivity contribution in [1.82, 2.24) is 10.7 Å². The van der Waals surface area contributed by atoms with Gasteiger partial charge in [0.1, 0.15) is 12.0 Å². The van der Waals surface area contributed by atoms with Gasteiger partial charge in [-0.15, -0.1) is 0 Å². The SMILES string of the molecule is O=C(NCC(F)(F)F)NN=Cc1ccc(C2=NCC(c3cc(Cl)cc(Cl)c3)(C(F)(F)F)C2)c2c1CCC2. The van der Waals surface area contributed by atoms with Crippen LogP contribution in [0.5, 0.6) is 0 Å². The van der Waals surface area contributed by atoms with E-state index in [9.17, 15) is 31.1 Å². The number of carbonyl (C=O) groups excluding carboxylic acids is 1. The van der Waals surface area contributed by atoms with Crippen molar-refractivity contribution in [2.24, 2.45) is 10.1 Å². The molecule has 13 heteroatoms. The molecule has 5 nitrogen and oxygen atoms in total. The first-order valence-corrected chi connectivity index (χ1v) is 11.9. The lowest BCUT2D eigenvalue weighted by molar-refractivity contribution is -0.183. The lowest BCUT2D eigenvalue weighted by Gasteiger charge is -2.32. The van der Waals surface area contributed by atoms with Crippen LogP contribution in [0.2, 0.25) is 10.0 Å². The molecule has 1 heterocycles. The molecule has 2 amide bonds. The number of hydrazone groups is 1. The number of hydrogen-bond acceptors (Lipinski definition) is 3. The lowest BCUT2D eigenvalue weighted by Crippen LogP contribution is -2.43. The molecule has 2 aliphatic rings. The minimum atomic E-state index is -4.61. The summed E-state index contributed by atoms with van der Waals surface area (Å²) in [6.45, 7) is -2.00. The van der Waals surface area contributed by atoms with E-state index in [1.165, 1.54) is 24.4 Å². The molecule has 198 valence electrons. The van der Waals surface area contributed by atoms with E-state index in [0.717, 1.165) is 17.5 Å². The number of halogens is 8. The molecular formula is C24H20Cl2F6N4O. The molecule has 2 aromatic carbocycles. The van der Waals surface area contributed by atoms with Crippen LogP contribution in [0, 0.1) is 0 Å². The van der Waals surface area contributed by atoms with E-state index in [1.807, 2.05) is 5.43 Å². The Morgan fingerprint density at radius 2 is 1.73 bits per heavy atom. The number of hydrogen-bond donors (Lipinski definition) is 2. The quantitative estimate of drug-likeness (QED) is 0.247. The lowest BCUT2D eigenvalue weighted by atomic mass is 9.76. The van der Waals surface area contributed by atoms with Gasteiger partial charge < -0.3 is 5.32 Å². The Morgan fingerprint density at radius 3 is 2.38 bits per heavy atom.